The number of halogens is 4. The van der Waals surface area contributed by atoms with Gasteiger partial charge in [0.25, 0.3) is 0 Å². The zero-order chi connectivity index (χ0) is 11.5. The summed E-state index contributed by atoms with van der Waals surface area (Å²) in [7, 11) is 0. The lowest BCUT2D eigenvalue weighted by molar-refractivity contribution is -0.138. The largest absolute Gasteiger partial charge is 0.390 e. The Morgan fingerprint density at radius 1 is 1.38 bits per heavy atom. The SMILES string of the molecule is Cl.N#Cc1cccc([C@H](N)CC(F)(F)F)c1. The molecule has 0 aromatic heterocycles. The predicted molar refractivity (Wildman–Crippen MR) is 56.0 cm³/mol. The van der Waals surface area contributed by atoms with Crippen molar-refractivity contribution in [3.05, 3.63) is 35.4 Å². The van der Waals surface area contributed by atoms with E-state index in [-0.39, 0.29) is 12.4 Å². The monoisotopic (exact) mass is 250 g/mol. The van der Waals surface area contributed by atoms with Crippen LogP contribution in [0.2, 0.25) is 0 Å². The number of nitrogens with zero attached hydrogens (tertiary/aromatic N) is 1. The highest BCUT2D eigenvalue weighted by atomic mass is 35.5. The first-order chi connectivity index (χ1) is 6.92. The number of benzene rings is 1. The summed E-state index contributed by atoms with van der Waals surface area (Å²) >= 11 is 0. The lowest BCUT2D eigenvalue weighted by Crippen LogP contribution is -2.20. The van der Waals surface area contributed by atoms with E-state index < -0.39 is 18.6 Å². The second kappa shape index (κ2) is 5.73. The molecule has 1 rings (SSSR count). The first-order valence-electron chi connectivity index (χ1n) is 4.25. The average molecular weight is 251 g/mol. The molecule has 16 heavy (non-hydrogen) atoms. The number of nitriles is 1. The molecule has 2 nitrogen and oxygen atoms in total. The van der Waals surface area contributed by atoms with E-state index in [1.165, 1.54) is 24.3 Å². The molecule has 0 amide bonds. The standard InChI is InChI=1S/C10H9F3N2.ClH/c11-10(12,13)5-9(15)8-3-1-2-7(4-8)6-14;/h1-4,9H,5,15H2;1H/t9-;/m1./s1. The van der Waals surface area contributed by atoms with Crippen LogP contribution in [0.5, 0.6) is 0 Å². The third kappa shape index (κ3) is 4.51. The lowest BCUT2D eigenvalue weighted by Gasteiger charge is -2.14. The van der Waals surface area contributed by atoms with Crippen LogP contribution in [0.25, 0.3) is 0 Å². The molecule has 0 unspecified atom stereocenters. The van der Waals surface area contributed by atoms with Crippen molar-refractivity contribution in [3.63, 3.8) is 0 Å². The van der Waals surface area contributed by atoms with Crippen molar-refractivity contribution in [2.24, 2.45) is 5.73 Å². The van der Waals surface area contributed by atoms with Crippen molar-refractivity contribution in [1.29, 1.82) is 5.26 Å². The number of alkyl halides is 3. The molecule has 6 heteroatoms. The van der Waals surface area contributed by atoms with E-state index in [9.17, 15) is 13.2 Å². The second-order valence-corrected chi connectivity index (χ2v) is 3.16. The molecule has 0 heterocycles. The Balaban J connectivity index is 0.00000225. The van der Waals surface area contributed by atoms with Crippen LogP contribution in [-0.4, -0.2) is 6.18 Å². The summed E-state index contributed by atoms with van der Waals surface area (Å²) in [4.78, 5) is 0. The summed E-state index contributed by atoms with van der Waals surface area (Å²) in [6, 6.07) is 6.63. The van der Waals surface area contributed by atoms with Crippen molar-refractivity contribution >= 4 is 12.4 Å². The van der Waals surface area contributed by atoms with Gasteiger partial charge in [0.05, 0.1) is 18.1 Å². The minimum atomic E-state index is -4.29. The predicted octanol–water partition coefficient (Wildman–Crippen LogP) is 2.93. The second-order valence-electron chi connectivity index (χ2n) is 3.16. The first-order valence-corrected chi connectivity index (χ1v) is 4.25. The normalized spacial score (nSPS) is 12.4. The molecular weight excluding hydrogens is 241 g/mol. The third-order valence-corrected chi connectivity index (χ3v) is 1.90. The molecule has 0 aliphatic heterocycles. The van der Waals surface area contributed by atoms with Crippen molar-refractivity contribution in [3.8, 4) is 6.07 Å². The van der Waals surface area contributed by atoms with Gasteiger partial charge in [-0.25, -0.2) is 0 Å². The fraction of sp³-hybridized carbons (Fsp3) is 0.300. The van der Waals surface area contributed by atoms with Gasteiger partial charge in [0, 0.05) is 6.04 Å². The molecule has 0 spiro atoms. The number of nitrogens with two attached hydrogens (primary N) is 1. The minimum absolute atomic E-state index is 0. The Morgan fingerprint density at radius 2 is 2.00 bits per heavy atom. The van der Waals surface area contributed by atoms with E-state index in [2.05, 4.69) is 0 Å². The molecule has 0 radical (unpaired) electrons. The maximum atomic E-state index is 12.0. The van der Waals surface area contributed by atoms with Gasteiger partial charge < -0.3 is 5.73 Å². The maximum Gasteiger partial charge on any atom is 0.390 e. The van der Waals surface area contributed by atoms with Crippen LogP contribution in [0.3, 0.4) is 0 Å². The van der Waals surface area contributed by atoms with Crippen molar-refractivity contribution < 1.29 is 13.2 Å². The van der Waals surface area contributed by atoms with Crippen LogP contribution in [-0.2, 0) is 0 Å². The maximum absolute atomic E-state index is 12.0. The third-order valence-electron chi connectivity index (χ3n) is 1.90. The first kappa shape index (κ1) is 14.8. The van der Waals surface area contributed by atoms with Crippen LogP contribution in [0, 0.1) is 11.3 Å². The van der Waals surface area contributed by atoms with E-state index in [0.29, 0.717) is 11.1 Å². The van der Waals surface area contributed by atoms with Gasteiger partial charge in [-0.2, -0.15) is 18.4 Å². The van der Waals surface area contributed by atoms with E-state index in [1.54, 1.807) is 0 Å². The van der Waals surface area contributed by atoms with Crippen LogP contribution in [0.1, 0.15) is 23.6 Å². The quantitative estimate of drug-likeness (QED) is 0.877. The highest BCUT2D eigenvalue weighted by Gasteiger charge is 2.30. The molecule has 0 bridgehead atoms. The van der Waals surface area contributed by atoms with Crippen molar-refractivity contribution in [2.75, 3.05) is 0 Å². The Bertz CT molecular complexity index is 384. The summed E-state index contributed by atoms with van der Waals surface area (Å²) in [5.74, 6) is 0. The molecule has 88 valence electrons. The molecule has 2 N–H and O–H groups in total. The highest BCUT2D eigenvalue weighted by molar-refractivity contribution is 5.85. The molecule has 1 aromatic rings. The van der Waals surface area contributed by atoms with Crippen molar-refractivity contribution in [2.45, 2.75) is 18.6 Å². The zero-order valence-electron chi connectivity index (χ0n) is 8.16. The molecule has 0 fully saturated rings. The van der Waals surface area contributed by atoms with Gasteiger partial charge in [0.15, 0.2) is 0 Å². The zero-order valence-corrected chi connectivity index (χ0v) is 8.98. The smallest absolute Gasteiger partial charge is 0.324 e. The van der Waals surface area contributed by atoms with Gasteiger partial charge in [-0.15, -0.1) is 12.4 Å². The van der Waals surface area contributed by atoms with E-state index in [0.717, 1.165) is 0 Å². The molecule has 1 aromatic carbocycles. The summed E-state index contributed by atoms with van der Waals surface area (Å²) in [5.41, 5.74) is 6.01. The van der Waals surface area contributed by atoms with Gasteiger partial charge in [0.1, 0.15) is 0 Å². The molecule has 0 aliphatic rings. The number of hydrogen-bond donors (Lipinski definition) is 1. The Kier molecular flexibility index (Phi) is 5.28. The van der Waals surface area contributed by atoms with Gasteiger partial charge in [-0.1, -0.05) is 12.1 Å². The average Bonchev–Trinajstić information content (AvgIpc) is 2.15. The highest BCUT2D eigenvalue weighted by Crippen LogP contribution is 2.27. The van der Waals surface area contributed by atoms with E-state index in [4.69, 9.17) is 11.0 Å². The topological polar surface area (TPSA) is 49.8 Å². The molecule has 0 saturated carbocycles. The van der Waals surface area contributed by atoms with E-state index in [1.807, 2.05) is 6.07 Å². The van der Waals surface area contributed by atoms with Crippen LogP contribution < -0.4 is 5.73 Å². The Labute approximate surface area is 97.3 Å². The Morgan fingerprint density at radius 3 is 2.50 bits per heavy atom. The number of hydrogen-bond acceptors (Lipinski definition) is 2. The summed E-state index contributed by atoms with van der Waals surface area (Å²) in [5, 5.41) is 8.56. The minimum Gasteiger partial charge on any atom is -0.324 e. The van der Waals surface area contributed by atoms with Gasteiger partial charge in [-0.3, -0.25) is 0 Å². The van der Waals surface area contributed by atoms with Gasteiger partial charge >= 0.3 is 6.18 Å². The lowest BCUT2D eigenvalue weighted by atomic mass is 10.0. The van der Waals surface area contributed by atoms with Crippen molar-refractivity contribution in [1.82, 2.24) is 0 Å². The van der Waals surface area contributed by atoms with Crippen LogP contribution in [0.4, 0.5) is 13.2 Å². The van der Waals surface area contributed by atoms with Gasteiger partial charge in [0.2, 0.25) is 0 Å². The fourth-order valence-electron chi connectivity index (χ4n) is 1.21. The molecule has 0 aliphatic carbocycles. The summed E-state index contributed by atoms with van der Waals surface area (Å²) in [6.07, 6.45) is -5.37. The fourth-order valence-corrected chi connectivity index (χ4v) is 1.21. The summed E-state index contributed by atoms with van der Waals surface area (Å²) < 4.78 is 36.1. The molecular formula is C10H10ClF3N2. The molecule has 1 atom stereocenters. The van der Waals surface area contributed by atoms with Crippen LogP contribution >= 0.6 is 12.4 Å². The molecule has 0 saturated heterocycles. The Hall–Kier alpha value is -1.25. The van der Waals surface area contributed by atoms with E-state index >= 15 is 0 Å². The number of rotatable bonds is 2. The van der Waals surface area contributed by atoms with Crippen LogP contribution in [0.15, 0.2) is 24.3 Å². The summed E-state index contributed by atoms with van der Waals surface area (Å²) in [6.45, 7) is 0. The van der Waals surface area contributed by atoms with Gasteiger partial charge in [-0.05, 0) is 17.7 Å².